The molecule has 4 rings (SSSR count). The summed E-state index contributed by atoms with van der Waals surface area (Å²) in [6.45, 7) is 5.28. The third-order valence-electron chi connectivity index (χ3n) is 7.05. The molecule has 0 bridgehead atoms. The van der Waals surface area contributed by atoms with Crippen LogP contribution in [-0.2, 0) is 32.0 Å². The number of nitrogens with zero attached hydrogens (tertiary/aromatic N) is 1. The lowest BCUT2D eigenvalue weighted by Crippen LogP contribution is -2.69. The van der Waals surface area contributed by atoms with E-state index in [1.807, 2.05) is 60.8 Å². The standard InChI is InChI=1S/C30H37N5O6/c1-30(2,3)41-29(40)34-22(14-19-16-32-21-12-8-7-11-20(19)21)24-17-35(28(39)23(33-24)15-26(36)37)25(27(31)38)13-18-9-5-4-6-10-18/h4-12,16,22-25,32-33H,13-15,17H2,1-3H3,(H2,31,38)(H,34,40)(H,36,37)/t22-,23-,24-,25-/m0/s1. The molecule has 2 aromatic carbocycles. The first-order valence-electron chi connectivity index (χ1n) is 13.6. The minimum Gasteiger partial charge on any atom is -0.481 e. The number of nitrogens with one attached hydrogen (secondary N) is 3. The zero-order chi connectivity index (χ0) is 29.7. The van der Waals surface area contributed by atoms with Crippen molar-refractivity contribution in [2.45, 2.75) is 69.8 Å². The average Bonchev–Trinajstić information content (AvgIpc) is 3.30. The number of benzene rings is 2. The number of piperazine rings is 1. The lowest BCUT2D eigenvalue weighted by atomic mass is 9.92. The van der Waals surface area contributed by atoms with Crippen LogP contribution in [0.2, 0.25) is 0 Å². The largest absolute Gasteiger partial charge is 0.481 e. The summed E-state index contributed by atoms with van der Waals surface area (Å²) in [6, 6.07) is 13.5. The Hall–Kier alpha value is -4.38. The van der Waals surface area contributed by atoms with Crippen LogP contribution in [0, 0.1) is 0 Å². The molecule has 4 atom stereocenters. The number of aromatic amines is 1. The van der Waals surface area contributed by atoms with Crippen LogP contribution in [0.25, 0.3) is 10.9 Å². The summed E-state index contributed by atoms with van der Waals surface area (Å²) in [5, 5.41) is 16.6. The molecule has 0 radical (unpaired) electrons. The number of hydrogen-bond donors (Lipinski definition) is 5. The monoisotopic (exact) mass is 563 g/mol. The predicted molar refractivity (Wildman–Crippen MR) is 153 cm³/mol. The summed E-state index contributed by atoms with van der Waals surface area (Å²) in [5.74, 6) is -2.42. The highest BCUT2D eigenvalue weighted by molar-refractivity contribution is 5.92. The molecule has 1 aliphatic rings. The van der Waals surface area contributed by atoms with Gasteiger partial charge in [-0.1, -0.05) is 48.5 Å². The SMILES string of the molecule is CC(C)(C)OC(=O)N[C@@H](Cc1c[nH]c2ccccc12)[C@@H]1CN([C@@H](Cc2ccccc2)C(N)=O)C(=O)[C@H](CC(=O)O)N1. The second-order valence-electron chi connectivity index (χ2n) is 11.3. The van der Waals surface area contributed by atoms with Crippen LogP contribution >= 0.6 is 0 Å². The van der Waals surface area contributed by atoms with Gasteiger partial charge in [0.1, 0.15) is 11.6 Å². The van der Waals surface area contributed by atoms with E-state index >= 15 is 0 Å². The third kappa shape index (κ3) is 7.63. The number of ether oxygens (including phenoxy) is 1. The van der Waals surface area contributed by atoms with Crippen LogP contribution in [0.15, 0.2) is 60.8 Å². The van der Waals surface area contributed by atoms with E-state index in [2.05, 4.69) is 15.6 Å². The zero-order valence-electron chi connectivity index (χ0n) is 23.4. The molecule has 6 N–H and O–H groups in total. The maximum atomic E-state index is 13.5. The molecule has 3 aromatic rings. The Morgan fingerprint density at radius 3 is 2.44 bits per heavy atom. The number of primary amides is 1. The van der Waals surface area contributed by atoms with Gasteiger partial charge < -0.3 is 30.8 Å². The molecule has 1 aromatic heterocycles. The number of carbonyl (C=O) groups is 4. The molecule has 0 spiro atoms. The maximum absolute atomic E-state index is 13.5. The van der Waals surface area contributed by atoms with Crippen LogP contribution < -0.4 is 16.4 Å². The summed E-state index contributed by atoms with van der Waals surface area (Å²) in [7, 11) is 0. The molecule has 41 heavy (non-hydrogen) atoms. The van der Waals surface area contributed by atoms with Crippen molar-refractivity contribution >= 4 is 34.8 Å². The summed E-state index contributed by atoms with van der Waals surface area (Å²) >= 11 is 0. The van der Waals surface area contributed by atoms with Gasteiger partial charge in [-0.05, 0) is 44.4 Å². The molecule has 11 nitrogen and oxygen atoms in total. The number of fused-ring (bicyclic) bond motifs is 1. The first-order valence-corrected chi connectivity index (χ1v) is 13.6. The van der Waals surface area contributed by atoms with Gasteiger partial charge in [0.15, 0.2) is 0 Å². The van der Waals surface area contributed by atoms with Crippen LogP contribution in [0.3, 0.4) is 0 Å². The van der Waals surface area contributed by atoms with Gasteiger partial charge in [0.05, 0.1) is 18.5 Å². The van der Waals surface area contributed by atoms with E-state index < -0.39 is 60.1 Å². The molecule has 1 aliphatic heterocycles. The van der Waals surface area contributed by atoms with Gasteiger partial charge in [-0.2, -0.15) is 0 Å². The van der Waals surface area contributed by atoms with E-state index in [9.17, 15) is 24.3 Å². The van der Waals surface area contributed by atoms with E-state index in [0.717, 1.165) is 22.0 Å². The molecular weight excluding hydrogens is 526 g/mol. The lowest BCUT2D eigenvalue weighted by molar-refractivity contribution is -0.149. The second-order valence-corrected chi connectivity index (χ2v) is 11.3. The van der Waals surface area contributed by atoms with E-state index in [-0.39, 0.29) is 13.0 Å². The molecule has 2 heterocycles. The quantitative estimate of drug-likeness (QED) is 0.252. The fourth-order valence-electron chi connectivity index (χ4n) is 5.22. The van der Waals surface area contributed by atoms with Crippen molar-refractivity contribution in [3.63, 3.8) is 0 Å². The van der Waals surface area contributed by atoms with E-state index in [4.69, 9.17) is 10.5 Å². The Balaban J connectivity index is 1.69. The van der Waals surface area contributed by atoms with Gasteiger partial charge in [0, 0.05) is 36.1 Å². The Labute approximate surface area is 238 Å². The van der Waals surface area contributed by atoms with E-state index in [1.165, 1.54) is 4.90 Å². The van der Waals surface area contributed by atoms with Crippen molar-refractivity contribution in [2.24, 2.45) is 5.73 Å². The van der Waals surface area contributed by atoms with Gasteiger partial charge in [-0.3, -0.25) is 19.7 Å². The normalized spacial score (nSPS) is 19.0. The van der Waals surface area contributed by atoms with Gasteiger partial charge in [0.25, 0.3) is 0 Å². The van der Waals surface area contributed by atoms with E-state index in [0.29, 0.717) is 6.42 Å². The van der Waals surface area contributed by atoms with Crippen molar-refractivity contribution in [3.8, 4) is 0 Å². The molecule has 218 valence electrons. The van der Waals surface area contributed by atoms with Gasteiger partial charge in [-0.15, -0.1) is 0 Å². The number of rotatable bonds is 10. The average molecular weight is 564 g/mol. The van der Waals surface area contributed by atoms with Gasteiger partial charge in [0.2, 0.25) is 11.8 Å². The van der Waals surface area contributed by atoms with Gasteiger partial charge in [-0.25, -0.2) is 4.79 Å². The summed E-state index contributed by atoms with van der Waals surface area (Å²) in [5.41, 5.74) is 7.69. The van der Waals surface area contributed by atoms with Crippen molar-refractivity contribution in [3.05, 3.63) is 71.9 Å². The summed E-state index contributed by atoms with van der Waals surface area (Å²) in [4.78, 5) is 55.5. The van der Waals surface area contributed by atoms with Crippen molar-refractivity contribution < 1.29 is 29.0 Å². The Bertz CT molecular complexity index is 1400. The highest BCUT2D eigenvalue weighted by Crippen LogP contribution is 2.23. The highest BCUT2D eigenvalue weighted by Gasteiger charge is 2.43. The van der Waals surface area contributed by atoms with E-state index in [1.54, 1.807) is 20.8 Å². The number of hydrogen-bond acceptors (Lipinski definition) is 6. The number of H-pyrrole nitrogens is 1. The van der Waals surface area contributed by atoms with Crippen molar-refractivity contribution in [2.75, 3.05) is 6.54 Å². The smallest absolute Gasteiger partial charge is 0.407 e. The topological polar surface area (TPSA) is 167 Å². The minimum absolute atomic E-state index is 0.0121. The molecule has 0 aliphatic carbocycles. The molecule has 1 fully saturated rings. The number of carboxylic acid groups (broad SMARTS) is 1. The predicted octanol–water partition coefficient (Wildman–Crippen LogP) is 2.34. The molecule has 3 amide bonds. The fourth-order valence-corrected chi connectivity index (χ4v) is 5.22. The fraction of sp³-hybridized carbons (Fsp3) is 0.400. The summed E-state index contributed by atoms with van der Waals surface area (Å²) < 4.78 is 5.54. The van der Waals surface area contributed by atoms with Crippen LogP contribution in [0.1, 0.15) is 38.3 Å². The number of aromatic nitrogens is 1. The molecular formula is C30H37N5O6. The maximum Gasteiger partial charge on any atom is 0.407 e. The number of amides is 3. The highest BCUT2D eigenvalue weighted by atomic mass is 16.6. The number of carboxylic acids is 1. The first kappa shape index (κ1) is 29.6. The van der Waals surface area contributed by atoms with Crippen LogP contribution in [0.5, 0.6) is 0 Å². The minimum atomic E-state index is -1.18. The van der Waals surface area contributed by atoms with Crippen molar-refractivity contribution in [1.82, 2.24) is 20.5 Å². The molecule has 1 saturated heterocycles. The number of para-hydroxylation sites is 1. The second kappa shape index (κ2) is 12.4. The number of carbonyl (C=O) groups excluding carboxylic acids is 3. The number of aliphatic carboxylic acids is 1. The molecule has 0 unspecified atom stereocenters. The molecule has 0 saturated carbocycles. The zero-order valence-corrected chi connectivity index (χ0v) is 23.4. The Morgan fingerprint density at radius 1 is 1.10 bits per heavy atom. The number of alkyl carbamates (subject to hydrolysis) is 1. The summed E-state index contributed by atoms with van der Waals surface area (Å²) in [6.07, 6.45) is 1.20. The Morgan fingerprint density at radius 2 is 1.78 bits per heavy atom. The number of nitrogens with two attached hydrogens (primary N) is 1. The molecule has 11 heteroatoms. The van der Waals surface area contributed by atoms with Crippen LogP contribution in [-0.4, -0.2) is 75.2 Å². The van der Waals surface area contributed by atoms with Gasteiger partial charge >= 0.3 is 12.1 Å². The first-order chi connectivity index (χ1) is 19.4. The third-order valence-corrected chi connectivity index (χ3v) is 7.05. The lowest BCUT2D eigenvalue weighted by Gasteiger charge is -2.44. The van der Waals surface area contributed by atoms with Crippen molar-refractivity contribution in [1.29, 1.82) is 0 Å². The van der Waals surface area contributed by atoms with Crippen LogP contribution in [0.4, 0.5) is 4.79 Å². The Kier molecular flexibility index (Phi) is 8.97.